The van der Waals surface area contributed by atoms with E-state index in [4.69, 9.17) is 9.47 Å². The van der Waals surface area contributed by atoms with Crippen LogP contribution < -0.4 is 10.1 Å². The Labute approximate surface area is 140 Å². The van der Waals surface area contributed by atoms with E-state index in [9.17, 15) is 13.6 Å². The van der Waals surface area contributed by atoms with E-state index in [0.717, 1.165) is 24.3 Å². The summed E-state index contributed by atoms with van der Waals surface area (Å²) in [6.45, 7) is 4.02. The third kappa shape index (κ3) is 5.63. The minimum atomic E-state index is -2.57. The van der Waals surface area contributed by atoms with Crippen molar-refractivity contribution < 1.29 is 23.0 Å². The zero-order valence-corrected chi connectivity index (χ0v) is 14.0. The Morgan fingerprint density at radius 2 is 2.25 bits per heavy atom. The molecular weight excluding hydrogens is 318 g/mol. The van der Waals surface area contributed by atoms with E-state index in [1.165, 1.54) is 0 Å². The molecule has 5 nitrogen and oxygen atoms in total. The van der Waals surface area contributed by atoms with E-state index >= 15 is 0 Å². The number of hydrogen-bond acceptors (Lipinski definition) is 3. The number of amides is 2. The molecule has 1 heterocycles. The van der Waals surface area contributed by atoms with Crippen molar-refractivity contribution in [2.45, 2.75) is 45.3 Å². The molecule has 0 aromatic heterocycles. The second-order valence-electron chi connectivity index (χ2n) is 6.04. The molecule has 24 heavy (non-hydrogen) atoms. The fraction of sp³-hybridized carbons (Fsp3) is 0.588. The average molecular weight is 342 g/mol. The second-order valence-corrected chi connectivity index (χ2v) is 6.04. The van der Waals surface area contributed by atoms with Crippen molar-refractivity contribution in [2.24, 2.45) is 0 Å². The fourth-order valence-electron chi connectivity index (χ4n) is 2.50. The number of nitrogens with zero attached hydrogens (tertiary/aromatic N) is 1. The van der Waals surface area contributed by atoms with Crippen molar-refractivity contribution in [3.63, 3.8) is 0 Å². The Kier molecular flexibility index (Phi) is 6.78. The number of carbonyl (C=O) groups is 1. The third-order valence-corrected chi connectivity index (χ3v) is 3.76. The van der Waals surface area contributed by atoms with Gasteiger partial charge in [0.05, 0.1) is 12.6 Å². The molecule has 0 aliphatic carbocycles. The Hall–Kier alpha value is -1.89. The highest BCUT2D eigenvalue weighted by Crippen LogP contribution is 2.20. The molecule has 1 aliphatic rings. The molecule has 1 N–H and O–H groups in total. The van der Waals surface area contributed by atoms with E-state index in [2.05, 4.69) is 5.32 Å². The van der Waals surface area contributed by atoms with E-state index in [1.54, 1.807) is 38.1 Å². The van der Waals surface area contributed by atoms with Crippen LogP contribution in [0.25, 0.3) is 0 Å². The summed E-state index contributed by atoms with van der Waals surface area (Å²) in [6, 6.07) is 6.02. The molecular formula is C17H24F2N2O3. The number of ether oxygens (including phenoxy) is 2. The first-order chi connectivity index (χ1) is 11.5. The molecule has 0 radical (unpaired) electrons. The van der Waals surface area contributed by atoms with Gasteiger partial charge in [0.25, 0.3) is 6.43 Å². The van der Waals surface area contributed by atoms with Gasteiger partial charge in [0.15, 0.2) is 0 Å². The highest BCUT2D eigenvalue weighted by molar-refractivity contribution is 5.89. The number of alkyl halides is 2. The van der Waals surface area contributed by atoms with Crippen LogP contribution in [-0.4, -0.2) is 49.3 Å². The van der Waals surface area contributed by atoms with Gasteiger partial charge in [-0.3, -0.25) is 0 Å². The Bertz CT molecular complexity index is 534. The number of carbonyl (C=O) groups excluding carboxylic acids is 1. The van der Waals surface area contributed by atoms with Crippen LogP contribution in [0.2, 0.25) is 0 Å². The molecule has 1 aromatic rings. The Morgan fingerprint density at radius 3 is 2.88 bits per heavy atom. The van der Waals surface area contributed by atoms with E-state index < -0.39 is 19.0 Å². The number of halogens is 2. The predicted octanol–water partition coefficient (Wildman–Crippen LogP) is 3.75. The normalized spacial score (nSPS) is 17.3. The fourth-order valence-corrected chi connectivity index (χ4v) is 2.50. The van der Waals surface area contributed by atoms with Gasteiger partial charge in [-0.2, -0.15) is 0 Å². The zero-order valence-electron chi connectivity index (χ0n) is 14.0. The van der Waals surface area contributed by atoms with Gasteiger partial charge in [-0.05, 0) is 38.8 Å². The standard InChI is InChI=1S/C17H24F2N2O3/c1-12(2)21(10-16(18)19)17(22)20-13-5-3-6-14(9-13)24-11-15-7-4-8-23-15/h3,5-6,9,12,15-16H,4,7-8,10-11H2,1-2H3,(H,20,22). The van der Waals surface area contributed by atoms with Gasteiger partial charge in [-0.25, -0.2) is 13.6 Å². The third-order valence-electron chi connectivity index (χ3n) is 3.76. The molecule has 134 valence electrons. The molecule has 1 aromatic carbocycles. The van der Waals surface area contributed by atoms with E-state index in [0.29, 0.717) is 18.0 Å². The summed E-state index contributed by atoms with van der Waals surface area (Å²) in [7, 11) is 0. The van der Waals surface area contributed by atoms with Crippen LogP contribution >= 0.6 is 0 Å². The van der Waals surface area contributed by atoms with Gasteiger partial charge in [-0.1, -0.05) is 6.07 Å². The first-order valence-corrected chi connectivity index (χ1v) is 8.16. The maximum atomic E-state index is 12.6. The van der Waals surface area contributed by atoms with E-state index in [-0.39, 0.29) is 12.1 Å². The molecule has 0 bridgehead atoms. The summed E-state index contributed by atoms with van der Waals surface area (Å²) in [5, 5.41) is 2.64. The summed E-state index contributed by atoms with van der Waals surface area (Å²) in [4.78, 5) is 13.3. The molecule has 1 fully saturated rings. The van der Waals surface area contributed by atoms with Crippen molar-refractivity contribution in [3.8, 4) is 5.75 Å². The number of rotatable bonds is 7. The largest absolute Gasteiger partial charge is 0.491 e. The monoisotopic (exact) mass is 342 g/mol. The smallest absolute Gasteiger partial charge is 0.322 e. The Balaban J connectivity index is 1.93. The minimum absolute atomic E-state index is 0.103. The topological polar surface area (TPSA) is 50.8 Å². The lowest BCUT2D eigenvalue weighted by molar-refractivity contribution is 0.0680. The maximum Gasteiger partial charge on any atom is 0.322 e. The van der Waals surface area contributed by atoms with Crippen LogP contribution in [0, 0.1) is 0 Å². The van der Waals surface area contributed by atoms with Gasteiger partial charge in [0, 0.05) is 24.4 Å². The van der Waals surface area contributed by atoms with Crippen LogP contribution in [0.3, 0.4) is 0 Å². The second kappa shape index (κ2) is 8.82. The summed E-state index contributed by atoms with van der Waals surface area (Å²) in [5.74, 6) is 0.605. The van der Waals surface area contributed by atoms with Crippen molar-refractivity contribution in [3.05, 3.63) is 24.3 Å². The van der Waals surface area contributed by atoms with Crippen LogP contribution in [0.15, 0.2) is 24.3 Å². The number of benzene rings is 1. The van der Waals surface area contributed by atoms with Gasteiger partial charge >= 0.3 is 6.03 Å². The zero-order chi connectivity index (χ0) is 17.5. The predicted molar refractivity (Wildman–Crippen MR) is 87.8 cm³/mol. The van der Waals surface area contributed by atoms with Gasteiger partial charge < -0.3 is 19.7 Å². The molecule has 1 atom stereocenters. The summed E-state index contributed by atoms with van der Waals surface area (Å²) < 4.78 is 36.4. The van der Waals surface area contributed by atoms with Gasteiger partial charge in [-0.15, -0.1) is 0 Å². The maximum absolute atomic E-state index is 12.6. The molecule has 2 amide bonds. The first kappa shape index (κ1) is 18.4. The van der Waals surface area contributed by atoms with Crippen molar-refractivity contribution in [1.29, 1.82) is 0 Å². The van der Waals surface area contributed by atoms with Crippen molar-refractivity contribution >= 4 is 11.7 Å². The molecule has 7 heteroatoms. The van der Waals surface area contributed by atoms with Crippen LogP contribution in [-0.2, 0) is 4.74 Å². The van der Waals surface area contributed by atoms with Crippen LogP contribution in [0.5, 0.6) is 5.75 Å². The summed E-state index contributed by atoms with van der Waals surface area (Å²) in [6.07, 6.45) is -0.447. The number of urea groups is 1. The summed E-state index contributed by atoms with van der Waals surface area (Å²) in [5.41, 5.74) is 0.504. The first-order valence-electron chi connectivity index (χ1n) is 8.16. The van der Waals surface area contributed by atoms with Crippen molar-refractivity contribution in [1.82, 2.24) is 4.90 Å². The quantitative estimate of drug-likeness (QED) is 0.821. The SMILES string of the molecule is CC(C)N(CC(F)F)C(=O)Nc1cccc(OCC2CCCO2)c1. The van der Waals surface area contributed by atoms with Crippen LogP contribution in [0.1, 0.15) is 26.7 Å². The lowest BCUT2D eigenvalue weighted by Gasteiger charge is -2.26. The number of anilines is 1. The highest BCUT2D eigenvalue weighted by Gasteiger charge is 2.21. The minimum Gasteiger partial charge on any atom is -0.491 e. The number of hydrogen-bond donors (Lipinski definition) is 1. The number of nitrogens with one attached hydrogen (secondary N) is 1. The molecule has 2 rings (SSSR count). The highest BCUT2D eigenvalue weighted by atomic mass is 19.3. The van der Waals surface area contributed by atoms with Gasteiger partial charge in [0.2, 0.25) is 0 Å². The Morgan fingerprint density at radius 1 is 1.46 bits per heavy atom. The lowest BCUT2D eigenvalue weighted by atomic mass is 10.2. The van der Waals surface area contributed by atoms with E-state index in [1.807, 2.05) is 0 Å². The molecule has 0 saturated carbocycles. The van der Waals surface area contributed by atoms with Crippen molar-refractivity contribution in [2.75, 3.05) is 25.1 Å². The lowest BCUT2D eigenvalue weighted by Crippen LogP contribution is -2.42. The molecule has 1 aliphatic heterocycles. The molecule has 0 spiro atoms. The summed E-state index contributed by atoms with van der Waals surface area (Å²) >= 11 is 0. The van der Waals surface area contributed by atoms with Gasteiger partial charge in [0.1, 0.15) is 12.4 Å². The average Bonchev–Trinajstić information content (AvgIpc) is 3.04. The molecule has 1 unspecified atom stereocenters. The van der Waals surface area contributed by atoms with Crippen LogP contribution in [0.4, 0.5) is 19.3 Å². The molecule has 1 saturated heterocycles.